The van der Waals surface area contributed by atoms with Crippen LogP contribution < -0.4 is 10.9 Å². The largest absolute Gasteiger partial charge is 0.324 e. The summed E-state index contributed by atoms with van der Waals surface area (Å²) in [6.45, 7) is 0. The number of benzene rings is 2. The molecule has 4 rings (SSSR count). The number of aryl methyl sites for hydroxylation is 1. The van der Waals surface area contributed by atoms with Crippen LogP contribution in [0.5, 0.6) is 0 Å². The van der Waals surface area contributed by atoms with Crippen molar-refractivity contribution in [2.45, 2.75) is 18.9 Å². The number of fused-ring (bicyclic) bond motifs is 2. The van der Waals surface area contributed by atoms with E-state index in [9.17, 15) is 9.59 Å². The van der Waals surface area contributed by atoms with Gasteiger partial charge in [-0.25, -0.2) is 4.98 Å². The molecule has 2 aromatic carbocycles. The fourth-order valence-electron chi connectivity index (χ4n) is 3.10. The Balaban J connectivity index is 1.79. The molecule has 120 valence electrons. The highest BCUT2D eigenvalue weighted by atomic mass is 79.9. The van der Waals surface area contributed by atoms with Gasteiger partial charge < -0.3 is 5.32 Å². The van der Waals surface area contributed by atoms with Crippen LogP contribution in [0.15, 0.2) is 58.1 Å². The minimum atomic E-state index is -0.569. The van der Waals surface area contributed by atoms with E-state index in [4.69, 9.17) is 0 Å². The van der Waals surface area contributed by atoms with Crippen LogP contribution in [0.2, 0.25) is 0 Å². The minimum absolute atomic E-state index is 0.182. The SMILES string of the molecule is O=C1Nc2ccccc2CC[C@H]1n1cnc2ccc(Br)cc2c1=O. The molecule has 6 heteroatoms. The number of amides is 1. The number of aromatic nitrogens is 2. The highest BCUT2D eigenvalue weighted by Gasteiger charge is 2.26. The molecule has 1 aliphatic heterocycles. The second-order valence-electron chi connectivity index (χ2n) is 5.82. The topological polar surface area (TPSA) is 64.0 Å². The molecule has 1 amide bonds. The van der Waals surface area contributed by atoms with Gasteiger partial charge >= 0.3 is 0 Å². The molecule has 2 heterocycles. The smallest absolute Gasteiger partial charge is 0.261 e. The molecule has 0 bridgehead atoms. The fourth-order valence-corrected chi connectivity index (χ4v) is 3.46. The fraction of sp³-hybridized carbons (Fsp3) is 0.167. The van der Waals surface area contributed by atoms with Crippen molar-refractivity contribution < 1.29 is 4.79 Å². The van der Waals surface area contributed by atoms with E-state index in [1.54, 1.807) is 12.1 Å². The van der Waals surface area contributed by atoms with Crippen LogP contribution in [0.4, 0.5) is 5.69 Å². The van der Waals surface area contributed by atoms with Crippen molar-refractivity contribution in [3.05, 3.63) is 69.2 Å². The third-order valence-corrected chi connectivity index (χ3v) is 4.84. The second kappa shape index (κ2) is 5.87. The van der Waals surface area contributed by atoms with E-state index in [0.717, 1.165) is 22.1 Å². The van der Waals surface area contributed by atoms with Crippen LogP contribution >= 0.6 is 15.9 Å². The number of nitrogens with one attached hydrogen (secondary N) is 1. The number of carbonyl (C=O) groups excluding carboxylic acids is 1. The number of carbonyl (C=O) groups is 1. The number of nitrogens with zero attached hydrogens (tertiary/aromatic N) is 2. The van der Waals surface area contributed by atoms with Crippen molar-refractivity contribution in [3.8, 4) is 0 Å². The number of hydrogen-bond donors (Lipinski definition) is 1. The lowest BCUT2D eigenvalue weighted by Gasteiger charge is -2.16. The molecule has 0 unspecified atom stereocenters. The number of para-hydroxylation sites is 1. The first-order valence-electron chi connectivity index (χ1n) is 7.68. The van der Waals surface area contributed by atoms with Crippen LogP contribution in [0.3, 0.4) is 0 Å². The number of anilines is 1. The molecule has 1 aromatic heterocycles. The zero-order valence-electron chi connectivity index (χ0n) is 12.7. The van der Waals surface area contributed by atoms with E-state index in [-0.39, 0.29) is 11.5 Å². The first kappa shape index (κ1) is 15.1. The Morgan fingerprint density at radius 2 is 2.00 bits per heavy atom. The molecule has 3 aromatic rings. The summed E-state index contributed by atoms with van der Waals surface area (Å²) < 4.78 is 2.25. The van der Waals surface area contributed by atoms with E-state index in [0.29, 0.717) is 17.3 Å². The van der Waals surface area contributed by atoms with Gasteiger partial charge in [0.25, 0.3) is 5.56 Å². The Morgan fingerprint density at radius 3 is 2.88 bits per heavy atom. The molecular formula is C18H14BrN3O2. The van der Waals surface area contributed by atoms with Crippen LogP contribution in [-0.4, -0.2) is 15.5 Å². The van der Waals surface area contributed by atoms with Crippen molar-refractivity contribution in [1.29, 1.82) is 0 Å². The van der Waals surface area contributed by atoms with Crippen LogP contribution in [0, 0.1) is 0 Å². The van der Waals surface area contributed by atoms with Gasteiger partial charge in [0.15, 0.2) is 0 Å². The summed E-state index contributed by atoms with van der Waals surface area (Å²) in [5.41, 5.74) is 2.32. The molecule has 1 atom stereocenters. The van der Waals surface area contributed by atoms with E-state index < -0.39 is 6.04 Å². The van der Waals surface area contributed by atoms with Gasteiger partial charge in [0.05, 0.1) is 17.2 Å². The summed E-state index contributed by atoms with van der Waals surface area (Å²) in [7, 11) is 0. The maximum atomic E-state index is 12.8. The number of hydrogen-bond acceptors (Lipinski definition) is 3. The first-order valence-corrected chi connectivity index (χ1v) is 8.48. The van der Waals surface area contributed by atoms with Gasteiger partial charge in [-0.15, -0.1) is 0 Å². The highest BCUT2D eigenvalue weighted by Crippen LogP contribution is 2.26. The first-order chi connectivity index (χ1) is 11.6. The van der Waals surface area contributed by atoms with Gasteiger partial charge in [-0.3, -0.25) is 14.2 Å². The molecule has 1 N–H and O–H groups in total. The molecule has 1 aliphatic rings. The summed E-state index contributed by atoms with van der Waals surface area (Å²) in [6, 6.07) is 12.5. The summed E-state index contributed by atoms with van der Waals surface area (Å²) in [5.74, 6) is -0.182. The Bertz CT molecular complexity index is 1010. The van der Waals surface area contributed by atoms with E-state index in [1.807, 2.05) is 30.3 Å². The van der Waals surface area contributed by atoms with Crippen LogP contribution in [0.1, 0.15) is 18.0 Å². The number of rotatable bonds is 1. The van der Waals surface area contributed by atoms with E-state index in [1.165, 1.54) is 10.9 Å². The van der Waals surface area contributed by atoms with Crippen molar-refractivity contribution >= 4 is 38.4 Å². The van der Waals surface area contributed by atoms with Gasteiger partial charge in [-0.1, -0.05) is 34.1 Å². The van der Waals surface area contributed by atoms with Crippen molar-refractivity contribution in [2.75, 3.05) is 5.32 Å². The Hall–Kier alpha value is -2.47. The maximum Gasteiger partial charge on any atom is 0.261 e. The lowest BCUT2D eigenvalue weighted by molar-refractivity contribution is -0.119. The summed E-state index contributed by atoms with van der Waals surface area (Å²) in [4.78, 5) is 29.8. The van der Waals surface area contributed by atoms with Gasteiger partial charge in [0, 0.05) is 10.2 Å². The summed E-state index contributed by atoms with van der Waals surface area (Å²) in [5, 5.41) is 3.42. The van der Waals surface area contributed by atoms with Gasteiger partial charge in [-0.05, 0) is 42.7 Å². The van der Waals surface area contributed by atoms with Crippen LogP contribution in [-0.2, 0) is 11.2 Å². The minimum Gasteiger partial charge on any atom is -0.324 e. The average Bonchev–Trinajstić information content (AvgIpc) is 2.74. The molecular weight excluding hydrogens is 370 g/mol. The zero-order valence-corrected chi connectivity index (χ0v) is 14.3. The monoisotopic (exact) mass is 383 g/mol. The van der Waals surface area contributed by atoms with E-state index >= 15 is 0 Å². The van der Waals surface area contributed by atoms with Crippen LogP contribution in [0.25, 0.3) is 10.9 Å². The maximum absolute atomic E-state index is 12.8. The Morgan fingerprint density at radius 1 is 1.17 bits per heavy atom. The predicted molar refractivity (Wildman–Crippen MR) is 96.1 cm³/mol. The quantitative estimate of drug-likeness (QED) is 0.701. The second-order valence-corrected chi connectivity index (χ2v) is 6.74. The molecule has 0 saturated carbocycles. The van der Waals surface area contributed by atoms with Gasteiger partial charge in [-0.2, -0.15) is 0 Å². The lowest BCUT2D eigenvalue weighted by Crippen LogP contribution is -2.32. The zero-order chi connectivity index (χ0) is 16.7. The summed E-state index contributed by atoms with van der Waals surface area (Å²) in [6.07, 6.45) is 2.76. The van der Waals surface area contributed by atoms with Crippen molar-refractivity contribution in [2.24, 2.45) is 0 Å². The van der Waals surface area contributed by atoms with Gasteiger partial charge in [0.2, 0.25) is 5.91 Å². The molecule has 5 nitrogen and oxygen atoms in total. The molecule has 0 fully saturated rings. The lowest BCUT2D eigenvalue weighted by atomic mass is 10.1. The van der Waals surface area contributed by atoms with Gasteiger partial charge in [0.1, 0.15) is 6.04 Å². The molecule has 0 radical (unpaired) electrons. The highest BCUT2D eigenvalue weighted by molar-refractivity contribution is 9.10. The Kier molecular flexibility index (Phi) is 3.69. The average molecular weight is 384 g/mol. The molecule has 24 heavy (non-hydrogen) atoms. The summed E-state index contributed by atoms with van der Waals surface area (Å²) >= 11 is 3.38. The molecule has 0 spiro atoms. The molecule has 0 aliphatic carbocycles. The standard InChI is InChI=1S/C18H14BrN3O2/c19-12-6-7-15-13(9-12)18(24)22(10-20-15)16-8-5-11-3-1-2-4-14(11)21-17(16)23/h1-4,6-7,9-10,16H,5,8H2,(H,21,23)/t16-/m1/s1. The van der Waals surface area contributed by atoms with Crippen molar-refractivity contribution in [3.63, 3.8) is 0 Å². The van der Waals surface area contributed by atoms with Crippen molar-refractivity contribution in [1.82, 2.24) is 9.55 Å². The third kappa shape index (κ3) is 2.53. The molecule has 0 saturated heterocycles. The number of halogens is 1. The normalized spacial score (nSPS) is 17.2. The third-order valence-electron chi connectivity index (χ3n) is 4.35. The van der Waals surface area contributed by atoms with E-state index in [2.05, 4.69) is 26.2 Å². The predicted octanol–water partition coefficient (Wildman–Crippen LogP) is 3.29. The Labute approximate surface area is 146 Å².